The first-order valence-corrected chi connectivity index (χ1v) is 31.5. The predicted octanol–water partition coefficient (Wildman–Crippen LogP) is 2.82. The molecule has 500 valence electrons. The van der Waals surface area contributed by atoms with Crippen molar-refractivity contribution < 1.29 is 53.4 Å². The number of rotatable bonds is 36. The number of benzene rings is 4. The number of aliphatic hydroxyl groups excluding tert-OH is 1. The van der Waals surface area contributed by atoms with Gasteiger partial charge in [0, 0.05) is 89.1 Å². The van der Waals surface area contributed by atoms with E-state index in [0.29, 0.717) is 53.1 Å². The van der Waals surface area contributed by atoms with Crippen LogP contribution in [0, 0.1) is 5.92 Å². The smallest absolute Gasteiger partial charge is 0.252 e. The molecule has 0 unspecified atom stereocenters. The quantitative estimate of drug-likeness (QED) is 0.0153. The average Bonchev–Trinajstić information content (AvgIpc) is 1.85. The van der Waals surface area contributed by atoms with E-state index < -0.39 is 96.2 Å². The zero-order valence-electron chi connectivity index (χ0n) is 53.2. The van der Waals surface area contributed by atoms with Crippen LogP contribution in [0.15, 0.2) is 145 Å². The van der Waals surface area contributed by atoms with Gasteiger partial charge in [-0.05, 0) is 120 Å². The molecule has 6 aromatic rings. The third-order valence-corrected chi connectivity index (χ3v) is 15.5. The molecule has 0 radical (unpaired) electrons. The van der Waals surface area contributed by atoms with Crippen LogP contribution in [0.25, 0.3) is 10.8 Å². The Balaban J connectivity index is 1.25. The summed E-state index contributed by atoms with van der Waals surface area (Å²) in [6.07, 6.45) is 7.38. The maximum atomic E-state index is 15.0. The molecule has 0 aliphatic heterocycles. The van der Waals surface area contributed by atoms with Crippen molar-refractivity contribution in [1.82, 2.24) is 57.4 Å². The number of aliphatic hydroxyl groups is 1. The van der Waals surface area contributed by atoms with E-state index in [9.17, 15) is 48.6 Å². The molecule has 7 atom stereocenters. The van der Waals surface area contributed by atoms with E-state index in [1.165, 1.54) is 63.0 Å². The first-order chi connectivity index (χ1) is 45.1. The molecule has 0 aliphatic rings. The number of carbonyl (C=O) groups excluding carboxylic acids is 9. The lowest BCUT2D eigenvalue weighted by molar-refractivity contribution is -0.144. The van der Waals surface area contributed by atoms with Crippen LogP contribution in [0.5, 0.6) is 5.75 Å². The minimum atomic E-state index is -1.76. The molecule has 9 amide bonds. The maximum absolute atomic E-state index is 15.0. The summed E-state index contributed by atoms with van der Waals surface area (Å²) >= 11 is 6.23. The second-order valence-corrected chi connectivity index (χ2v) is 23.7. The van der Waals surface area contributed by atoms with Crippen molar-refractivity contribution in [3.8, 4) is 5.75 Å². The molecule has 94 heavy (non-hydrogen) atoms. The lowest BCUT2D eigenvalue weighted by atomic mass is 9.99. The zero-order valence-corrected chi connectivity index (χ0v) is 53.9. The van der Waals surface area contributed by atoms with Gasteiger partial charge in [0.25, 0.3) is 5.91 Å². The Morgan fingerprint density at radius 1 is 0.553 bits per heavy atom. The summed E-state index contributed by atoms with van der Waals surface area (Å²) < 4.78 is 0. The van der Waals surface area contributed by atoms with Crippen molar-refractivity contribution in [3.05, 3.63) is 173 Å². The number of aromatic nitrogens is 2. The minimum absolute atomic E-state index is 0.00442. The van der Waals surface area contributed by atoms with Gasteiger partial charge >= 0.3 is 0 Å². The molecule has 14 N–H and O–H groups in total. The zero-order chi connectivity index (χ0) is 68.1. The molecule has 0 saturated carbocycles. The van der Waals surface area contributed by atoms with E-state index in [2.05, 4.69) is 57.5 Å². The highest BCUT2D eigenvalue weighted by Gasteiger charge is 2.37. The van der Waals surface area contributed by atoms with E-state index in [1.807, 2.05) is 56.3 Å². The highest BCUT2D eigenvalue weighted by molar-refractivity contribution is 6.30. The fourth-order valence-electron chi connectivity index (χ4n) is 10.3. The van der Waals surface area contributed by atoms with E-state index in [0.717, 1.165) is 21.2 Å². The molecule has 0 spiro atoms. The molecule has 4 aromatic carbocycles. The number of aliphatic imine (C=N–C) groups is 1. The van der Waals surface area contributed by atoms with Crippen LogP contribution in [-0.4, -0.2) is 160 Å². The molecule has 6 rings (SSSR count). The summed E-state index contributed by atoms with van der Waals surface area (Å²) in [5.74, 6) is -6.59. The Bertz CT molecular complexity index is 3530. The molecule has 0 bridgehead atoms. The van der Waals surface area contributed by atoms with Gasteiger partial charge < -0.3 is 69.1 Å². The Hall–Kier alpha value is -10.0. The lowest BCUT2D eigenvalue weighted by Gasteiger charge is -2.32. The summed E-state index contributed by atoms with van der Waals surface area (Å²) in [5, 5.41) is 45.6. The fourth-order valence-corrected chi connectivity index (χ4v) is 10.4. The molecule has 0 fully saturated rings. The Kier molecular flexibility index (Phi) is 29.1. The number of carbonyl (C=O) groups is 9. The predicted molar refractivity (Wildman–Crippen MR) is 356 cm³/mol. The van der Waals surface area contributed by atoms with Crippen molar-refractivity contribution >= 4 is 81.5 Å². The number of phenols is 1. The van der Waals surface area contributed by atoms with Gasteiger partial charge in [-0.15, -0.1) is 0 Å². The number of pyridine rings is 2. The largest absolute Gasteiger partial charge is 0.508 e. The van der Waals surface area contributed by atoms with Crippen molar-refractivity contribution in [1.29, 1.82) is 0 Å². The first-order valence-electron chi connectivity index (χ1n) is 31.1. The van der Waals surface area contributed by atoms with Crippen molar-refractivity contribution in [2.24, 2.45) is 22.4 Å². The van der Waals surface area contributed by atoms with Gasteiger partial charge in [0.2, 0.25) is 47.3 Å². The average molecular weight is 1310 g/mol. The van der Waals surface area contributed by atoms with Gasteiger partial charge in [-0.25, -0.2) is 0 Å². The maximum Gasteiger partial charge on any atom is 0.252 e. The topological polar surface area (TPSA) is 384 Å². The summed E-state index contributed by atoms with van der Waals surface area (Å²) in [4.78, 5) is 141. The molecule has 2 aromatic heterocycles. The van der Waals surface area contributed by atoms with Crippen molar-refractivity contribution in [2.75, 3.05) is 33.3 Å². The first kappa shape index (κ1) is 73.0. The van der Waals surface area contributed by atoms with E-state index in [1.54, 1.807) is 48.5 Å². The number of nitrogens with one attached hydrogen (secondary N) is 8. The number of fused-ring (bicyclic) bond motifs is 1. The van der Waals surface area contributed by atoms with Gasteiger partial charge in [0.05, 0.1) is 12.2 Å². The molecule has 25 nitrogen and oxygen atoms in total. The number of hydrogen-bond acceptors (Lipinski definition) is 14. The highest BCUT2D eigenvalue weighted by Crippen LogP contribution is 2.20. The number of halogens is 1. The number of amides is 9. The van der Waals surface area contributed by atoms with Crippen molar-refractivity contribution in [2.45, 2.75) is 127 Å². The molecule has 26 heteroatoms. The van der Waals surface area contributed by atoms with Gasteiger partial charge in [-0.1, -0.05) is 98.2 Å². The fraction of sp³-hybridized carbons (Fsp3) is 0.382. The standard InChI is InChI=1S/C68H85ClN14O11/c1-42(2)33-54(61(88)75-31-9-10-32-76-68(70)71)79-62(89)53(17-7-8-30-74-60(87)50-16-12-29-73-40-50)78-66(93)59(38-45-21-26-52(86)27-22-45)83(4)67(94)58(41-84)82-65(92)57(37-47-13-11-28-72-39-47)81-64(91)56(35-44-19-24-51(69)25-20-44)80-63(90)55(77-43(3)85)36-46-18-23-48-14-5-6-15-49(48)34-46/h5-6,11-16,18-29,34,39-40,42,53-59,84,86H,7-10,17,30-33,35-38,41H2,1-4H3,(H,74,87)(H,75,88)(H,77,85)(H,78,93)(H,79,89)(H,80,90)(H,81,91)(H,82,92)(H4,70,71,76)/t53-,54+,55-,56-,57-,58+,59+/m1/s1. The van der Waals surface area contributed by atoms with Gasteiger partial charge in [-0.2, -0.15) is 0 Å². The Labute approximate surface area is 551 Å². The van der Waals surface area contributed by atoms with Gasteiger partial charge in [-0.3, -0.25) is 58.1 Å². The summed E-state index contributed by atoms with van der Waals surface area (Å²) in [5.41, 5.74) is 13.4. The van der Waals surface area contributed by atoms with E-state index in [4.69, 9.17) is 23.1 Å². The van der Waals surface area contributed by atoms with Crippen LogP contribution in [0.1, 0.15) is 91.9 Å². The molecule has 0 saturated heterocycles. The molecule has 2 heterocycles. The van der Waals surface area contributed by atoms with Crippen LogP contribution in [-0.2, 0) is 64.0 Å². The number of phenolic OH excluding ortho intramolecular Hbond substituents is 1. The third kappa shape index (κ3) is 24.2. The second-order valence-electron chi connectivity index (χ2n) is 23.3. The molecule has 0 aliphatic carbocycles. The number of likely N-dealkylation sites (N-methyl/N-ethyl adjacent to an activating group) is 1. The SMILES string of the molecule is CC(=O)N[C@H](Cc1ccc2ccccc2c1)C(=O)N[C@H](Cc1ccc(Cl)cc1)C(=O)N[C@H](Cc1cccnc1)C(=O)N[C@@H](CO)C(=O)N(C)[C@@H](Cc1ccc(O)cc1)C(=O)N[C@H](CCCCNC(=O)c1cccnc1)C(=O)N[C@@H](CC(C)C)C(=O)NCCCCN=C(N)N. The number of hydrogen-bond donors (Lipinski definition) is 12. The van der Waals surface area contributed by atoms with Crippen LogP contribution in [0.3, 0.4) is 0 Å². The summed E-state index contributed by atoms with van der Waals surface area (Å²) in [6, 6.07) is 22.5. The van der Waals surface area contributed by atoms with E-state index >= 15 is 4.79 Å². The molecular formula is C68H85ClN14O11. The molecular weight excluding hydrogens is 1220 g/mol. The number of unbranched alkanes of at least 4 members (excludes halogenated alkanes) is 2. The number of aromatic hydroxyl groups is 1. The van der Waals surface area contributed by atoms with Crippen LogP contribution < -0.4 is 54.0 Å². The Morgan fingerprint density at radius 3 is 1.71 bits per heavy atom. The van der Waals surface area contributed by atoms with Crippen LogP contribution in [0.2, 0.25) is 5.02 Å². The van der Waals surface area contributed by atoms with Crippen LogP contribution in [0.4, 0.5) is 0 Å². The third-order valence-electron chi connectivity index (χ3n) is 15.3. The second kappa shape index (κ2) is 37.5. The summed E-state index contributed by atoms with van der Waals surface area (Å²) in [7, 11) is 1.27. The van der Waals surface area contributed by atoms with Crippen molar-refractivity contribution in [3.63, 3.8) is 0 Å². The normalized spacial score (nSPS) is 13.3. The lowest BCUT2D eigenvalue weighted by Crippen LogP contribution is -2.61. The summed E-state index contributed by atoms with van der Waals surface area (Å²) in [6.45, 7) is 4.81. The number of nitrogens with two attached hydrogens (primary N) is 2. The monoisotopic (exact) mass is 1310 g/mol. The van der Waals surface area contributed by atoms with Gasteiger partial charge in [0.15, 0.2) is 5.96 Å². The van der Waals surface area contributed by atoms with Crippen LogP contribution >= 0.6 is 11.6 Å². The van der Waals surface area contributed by atoms with E-state index in [-0.39, 0.29) is 81.6 Å². The van der Waals surface area contributed by atoms with Gasteiger partial charge in [0.1, 0.15) is 48.0 Å². The number of nitrogens with zero attached hydrogens (tertiary/aromatic N) is 4. The highest BCUT2D eigenvalue weighted by atomic mass is 35.5. The number of guanidine groups is 1. The minimum Gasteiger partial charge on any atom is -0.508 e. The Morgan fingerprint density at radius 2 is 1.10 bits per heavy atom.